The summed E-state index contributed by atoms with van der Waals surface area (Å²) >= 11 is 0. The van der Waals surface area contributed by atoms with E-state index in [1.807, 2.05) is 0 Å². The molecule has 0 fully saturated rings. The normalized spacial score (nSPS) is 12.6. The lowest BCUT2D eigenvalue weighted by atomic mass is 9.97. The molecular formula is C23H26O2. The van der Waals surface area contributed by atoms with Gasteiger partial charge in [0.25, 0.3) is 0 Å². The fourth-order valence-corrected chi connectivity index (χ4v) is 3.45. The molecule has 0 spiro atoms. The van der Waals surface area contributed by atoms with Crippen molar-refractivity contribution in [3.63, 3.8) is 0 Å². The summed E-state index contributed by atoms with van der Waals surface area (Å²) in [6, 6.07) is 19.3. The molecule has 130 valence electrons. The molecule has 0 N–H and O–H groups in total. The monoisotopic (exact) mass is 334 g/mol. The lowest BCUT2D eigenvalue weighted by Crippen LogP contribution is -2.12. The van der Waals surface area contributed by atoms with Crippen LogP contribution < -0.4 is 0 Å². The van der Waals surface area contributed by atoms with Gasteiger partial charge in [0.2, 0.25) is 0 Å². The Balaban J connectivity index is 1.84. The number of rotatable bonds is 8. The predicted octanol–water partition coefficient (Wildman–Crippen LogP) is 6.05. The summed E-state index contributed by atoms with van der Waals surface area (Å²) < 4.78 is 6.26. The third-order valence-electron chi connectivity index (χ3n) is 4.86. The number of fused-ring (bicyclic) bond motifs is 2. The van der Waals surface area contributed by atoms with E-state index in [4.69, 9.17) is 4.74 Å². The van der Waals surface area contributed by atoms with Gasteiger partial charge in [-0.1, -0.05) is 55.5 Å². The van der Waals surface area contributed by atoms with E-state index in [1.165, 1.54) is 27.1 Å². The molecule has 2 heteroatoms. The lowest BCUT2D eigenvalue weighted by molar-refractivity contribution is -0.117. The maximum atomic E-state index is 11.1. The average Bonchev–Trinajstić information content (AvgIpc) is 2.63. The standard InChI is InChI=1S/C23H26O2/c1-3-20(12-8-9-17(2)24)25-16-23-21-13-6-4-10-18(21)15-19-11-5-7-14-22(19)23/h4-7,10-11,13-15,20H,3,8-9,12,16H2,1-2H3. The smallest absolute Gasteiger partial charge is 0.129 e. The third-order valence-corrected chi connectivity index (χ3v) is 4.86. The highest BCUT2D eigenvalue weighted by Crippen LogP contribution is 2.29. The fourth-order valence-electron chi connectivity index (χ4n) is 3.45. The Morgan fingerprint density at radius 1 is 1.00 bits per heavy atom. The first-order valence-corrected chi connectivity index (χ1v) is 9.19. The summed E-state index contributed by atoms with van der Waals surface area (Å²) in [5.74, 6) is 0.259. The summed E-state index contributed by atoms with van der Waals surface area (Å²) in [4.78, 5) is 11.1. The molecule has 1 atom stereocenters. The van der Waals surface area contributed by atoms with Crippen LogP contribution in [0.3, 0.4) is 0 Å². The van der Waals surface area contributed by atoms with Gasteiger partial charge in [0.1, 0.15) is 5.78 Å². The molecule has 0 aliphatic carbocycles. The van der Waals surface area contributed by atoms with Crippen LogP contribution in [0.1, 0.15) is 45.1 Å². The van der Waals surface area contributed by atoms with Gasteiger partial charge in [0.15, 0.2) is 0 Å². The molecule has 0 bridgehead atoms. The van der Waals surface area contributed by atoms with Gasteiger partial charge in [-0.15, -0.1) is 0 Å². The van der Waals surface area contributed by atoms with E-state index in [2.05, 4.69) is 61.5 Å². The highest BCUT2D eigenvalue weighted by molar-refractivity contribution is 6.02. The molecule has 0 saturated heterocycles. The Bertz CT molecular complexity index is 812. The van der Waals surface area contributed by atoms with Crippen LogP contribution in [-0.4, -0.2) is 11.9 Å². The summed E-state index contributed by atoms with van der Waals surface area (Å²) in [6.45, 7) is 4.42. The molecule has 0 saturated carbocycles. The molecule has 0 aromatic heterocycles. The van der Waals surface area contributed by atoms with Crippen molar-refractivity contribution in [2.45, 2.75) is 52.2 Å². The van der Waals surface area contributed by atoms with Gasteiger partial charge in [-0.3, -0.25) is 0 Å². The zero-order valence-corrected chi connectivity index (χ0v) is 15.1. The van der Waals surface area contributed by atoms with Crippen LogP contribution in [0.25, 0.3) is 21.5 Å². The summed E-state index contributed by atoms with van der Waals surface area (Å²) in [6.07, 6.45) is 3.68. The zero-order valence-electron chi connectivity index (χ0n) is 15.1. The maximum absolute atomic E-state index is 11.1. The number of benzene rings is 3. The first kappa shape index (κ1) is 17.6. The highest BCUT2D eigenvalue weighted by Gasteiger charge is 2.11. The molecule has 0 aliphatic heterocycles. The minimum absolute atomic E-state index is 0.206. The molecule has 1 unspecified atom stereocenters. The molecule has 3 aromatic rings. The Morgan fingerprint density at radius 3 is 2.16 bits per heavy atom. The van der Waals surface area contributed by atoms with Gasteiger partial charge in [-0.05, 0) is 59.4 Å². The van der Waals surface area contributed by atoms with Crippen molar-refractivity contribution in [1.29, 1.82) is 0 Å². The van der Waals surface area contributed by atoms with Gasteiger partial charge < -0.3 is 9.53 Å². The Hall–Kier alpha value is -2.19. The quantitative estimate of drug-likeness (QED) is 0.469. The minimum atomic E-state index is 0.206. The molecular weight excluding hydrogens is 308 g/mol. The van der Waals surface area contributed by atoms with Gasteiger partial charge in [-0.2, -0.15) is 0 Å². The molecule has 2 nitrogen and oxygen atoms in total. The van der Waals surface area contributed by atoms with E-state index in [9.17, 15) is 4.79 Å². The van der Waals surface area contributed by atoms with Gasteiger partial charge in [-0.25, -0.2) is 0 Å². The van der Waals surface area contributed by atoms with Crippen molar-refractivity contribution in [1.82, 2.24) is 0 Å². The van der Waals surface area contributed by atoms with E-state index in [0.717, 1.165) is 19.3 Å². The number of hydrogen-bond donors (Lipinski definition) is 0. The first-order chi connectivity index (χ1) is 12.2. The zero-order chi connectivity index (χ0) is 17.6. The predicted molar refractivity (Wildman–Crippen MR) is 105 cm³/mol. The Kier molecular flexibility index (Phi) is 5.83. The average molecular weight is 334 g/mol. The number of Topliss-reactive ketones (excluding diaryl/α,β-unsaturated/α-hetero) is 1. The second kappa shape index (κ2) is 8.26. The van der Waals surface area contributed by atoms with Gasteiger partial charge in [0.05, 0.1) is 12.7 Å². The van der Waals surface area contributed by atoms with Crippen LogP contribution in [0.2, 0.25) is 0 Å². The third kappa shape index (κ3) is 4.26. The van der Waals surface area contributed by atoms with E-state index >= 15 is 0 Å². The molecule has 3 aromatic carbocycles. The summed E-state index contributed by atoms with van der Waals surface area (Å²) in [5, 5.41) is 5.04. The molecule has 3 rings (SSSR count). The number of ether oxygens (including phenoxy) is 1. The number of carbonyl (C=O) groups is 1. The highest BCUT2D eigenvalue weighted by atomic mass is 16.5. The van der Waals surface area contributed by atoms with Crippen molar-refractivity contribution in [3.05, 3.63) is 60.2 Å². The lowest BCUT2D eigenvalue weighted by Gasteiger charge is -2.18. The van der Waals surface area contributed by atoms with E-state index in [-0.39, 0.29) is 11.9 Å². The number of carbonyl (C=O) groups excluding carboxylic acids is 1. The van der Waals surface area contributed by atoms with Crippen molar-refractivity contribution in [3.8, 4) is 0 Å². The van der Waals surface area contributed by atoms with Crippen molar-refractivity contribution < 1.29 is 9.53 Å². The molecule has 0 heterocycles. The molecule has 25 heavy (non-hydrogen) atoms. The second-order valence-electron chi connectivity index (χ2n) is 6.73. The van der Waals surface area contributed by atoms with Crippen LogP contribution >= 0.6 is 0 Å². The summed E-state index contributed by atoms with van der Waals surface area (Å²) in [5.41, 5.74) is 1.26. The largest absolute Gasteiger partial charge is 0.374 e. The van der Waals surface area contributed by atoms with Crippen LogP contribution in [0.5, 0.6) is 0 Å². The summed E-state index contributed by atoms with van der Waals surface area (Å²) in [7, 11) is 0. The number of ketones is 1. The van der Waals surface area contributed by atoms with E-state index < -0.39 is 0 Å². The first-order valence-electron chi connectivity index (χ1n) is 9.19. The van der Waals surface area contributed by atoms with Crippen LogP contribution in [0.15, 0.2) is 54.6 Å². The van der Waals surface area contributed by atoms with Crippen LogP contribution in [0, 0.1) is 0 Å². The topological polar surface area (TPSA) is 26.3 Å². The van der Waals surface area contributed by atoms with Gasteiger partial charge >= 0.3 is 0 Å². The van der Waals surface area contributed by atoms with E-state index in [0.29, 0.717) is 13.0 Å². The molecule has 0 aliphatic rings. The van der Waals surface area contributed by atoms with Crippen molar-refractivity contribution in [2.75, 3.05) is 0 Å². The Morgan fingerprint density at radius 2 is 1.60 bits per heavy atom. The maximum Gasteiger partial charge on any atom is 0.129 e. The van der Waals surface area contributed by atoms with Crippen LogP contribution in [0.4, 0.5) is 0 Å². The van der Waals surface area contributed by atoms with Crippen molar-refractivity contribution >= 4 is 27.3 Å². The number of hydrogen-bond acceptors (Lipinski definition) is 2. The van der Waals surface area contributed by atoms with Gasteiger partial charge in [0, 0.05) is 6.42 Å². The second-order valence-corrected chi connectivity index (χ2v) is 6.73. The van der Waals surface area contributed by atoms with Crippen molar-refractivity contribution in [2.24, 2.45) is 0 Å². The van der Waals surface area contributed by atoms with E-state index in [1.54, 1.807) is 6.92 Å². The fraction of sp³-hybridized carbons (Fsp3) is 0.348. The van der Waals surface area contributed by atoms with Crippen LogP contribution in [-0.2, 0) is 16.1 Å². The SMILES string of the molecule is CCC(CCCC(C)=O)OCc1c2ccccc2cc2ccccc12. The Labute approximate surface area is 149 Å². The molecule has 0 radical (unpaired) electrons. The minimum Gasteiger partial charge on any atom is -0.374 e. The molecule has 0 amide bonds.